The summed E-state index contributed by atoms with van der Waals surface area (Å²) in [5.41, 5.74) is -3.54. The second-order valence-electron chi connectivity index (χ2n) is 56.2. The normalized spacial score (nSPS) is 40.9. The third-order valence-corrected chi connectivity index (χ3v) is 48.0. The highest BCUT2D eigenvalue weighted by atomic mass is 16.6. The molecule has 0 unspecified atom stereocenters. The Labute approximate surface area is 887 Å². The predicted molar refractivity (Wildman–Crippen MR) is 563 cm³/mol. The van der Waals surface area contributed by atoms with Gasteiger partial charge in [-0.1, -0.05) is 113 Å². The van der Waals surface area contributed by atoms with Gasteiger partial charge in [0.05, 0.1) is 0 Å². The Morgan fingerprint density at radius 3 is 0.723 bits per heavy atom. The molecule has 0 aromatic heterocycles. The predicted octanol–water partition coefficient (Wildman–Crippen LogP) is 26.0. The maximum Gasteiger partial charge on any atom is 0.319 e. The van der Waals surface area contributed by atoms with Gasteiger partial charge in [-0.2, -0.15) is 0 Å². The first-order valence-electron chi connectivity index (χ1n) is 60.0. The summed E-state index contributed by atoms with van der Waals surface area (Å²) < 4.78 is 67.1. The molecule has 16 fully saturated rings. The minimum atomic E-state index is -1.94. The smallest absolute Gasteiger partial charge is 0.319 e. The zero-order chi connectivity index (χ0) is 106. The van der Waals surface area contributed by atoms with Gasteiger partial charge in [0.25, 0.3) is 0 Å². The van der Waals surface area contributed by atoms with Crippen molar-refractivity contribution in [3.05, 3.63) is 35.9 Å². The van der Waals surface area contributed by atoms with Crippen LogP contribution in [0.25, 0.3) is 0 Å². The number of hydrogen-bond donors (Lipinski definition) is 0. The number of rotatable bonds is 37. The van der Waals surface area contributed by atoms with Crippen molar-refractivity contribution in [1.82, 2.24) is 0 Å². The van der Waals surface area contributed by atoms with Crippen LogP contribution in [0.1, 0.15) is 420 Å². The summed E-state index contributed by atoms with van der Waals surface area (Å²) in [5.74, 6) is 6.52. The first-order chi connectivity index (χ1) is 70.1. The Kier molecular flexibility index (Phi) is 34.2. The van der Waals surface area contributed by atoms with Gasteiger partial charge in [0, 0.05) is 53.4 Å². The van der Waals surface area contributed by atoms with Crippen molar-refractivity contribution in [1.29, 1.82) is 0 Å². The highest BCUT2D eigenvalue weighted by Gasteiger charge is 2.68. The number of carbonyl (C=O) groups is 11. The van der Waals surface area contributed by atoms with E-state index in [9.17, 15) is 38.4 Å². The number of fused-ring (bicyclic) bond motifs is 20. The Balaban J connectivity index is 0.570. The molecule has 22 nitrogen and oxygen atoms in total. The van der Waals surface area contributed by atoms with Crippen molar-refractivity contribution >= 4 is 65.7 Å². The van der Waals surface area contributed by atoms with E-state index in [2.05, 4.69) is 83.1 Å². The first kappa shape index (κ1) is 112. The van der Waals surface area contributed by atoms with Gasteiger partial charge in [0.15, 0.2) is 0 Å². The zero-order valence-corrected chi connectivity index (χ0v) is 94.6. The highest BCUT2D eigenvalue weighted by Crippen LogP contribution is 2.75. The Hall–Kier alpha value is -6.61. The maximum absolute atomic E-state index is 15.6. The van der Waals surface area contributed by atoms with E-state index in [1.807, 2.05) is 30.3 Å². The molecule has 16 saturated carbocycles. The van der Waals surface area contributed by atoms with Crippen LogP contribution in [0, 0.1) is 202 Å². The fourth-order valence-corrected chi connectivity index (χ4v) is 39.8. The number of ether oxygens (including phenoxy) is 11. The Morgan fingerprint density at radius 1 is 0.270 bits per heavy atom. The summed E-state index contributed by atoms with van der Waals surface area (Å²) in [6, 6.07) is 9.12. The standard InChI is InChI=1S/C126H192O22/c1-76(97-37-41-101-93-33-29-85-65-89(145-80(5)127)49-57-119(85,12)105(93)53-61-123(97,101)16)25-45-109(131)139-70-116(9,71-140-110(132)46-26-77(2)98-38-42-102-94-34-30-86-66-90(146-81(6)128)50-58-120(86,13)106(94)54-62-124(98,102)17)114(136)143-74-118(11,113(135)138-69-84-23-21-20-22-24-84)75-144-115(137)117(10,72-141-111(133)47-27-78(3)99-39-43-103-95-35-31-87-67-91(147-82(7)129)51-59-121(87,14)107(95)55-63-125(99,103)18)73-142-112(134)48-28-79(4)100-40-44-104-96-36-32-88-68-92(148-83(8)130)52-60-122(88,15)108(96)56-64-126(100,104)19/h20-24,76-79,85-108H,25-75H2,1-19H3/t76-,77-,78-,79-,85+,86+,87+,88+,89-,90-,91-,92-,93+,94+,95+,96+,97-,98-,99-,100-,101+,102+,103+,104+,105+,106+,107+,108+,119+,120+,121+,122+,123-,124-,125-,126-/m1/s1. The molecule has 16 aliphatic carbocycles. The van der Waals surface area contributed by atoms with Crippen molar-refractivity contribution in [2.75, 3.05) is 39.6 Å². The fraction of sp³-hybridized carbons (Fsp3) is 0.865. The van der Waals surface area contributed by atoms with Crippen LogP contribution in [0.15, 0.2) is 30.3 Å². The minimum Gasteiger partial charge on any atom is -0.464 e. The van der Waals surface area contributed by atoms with Crippen molar-refractivity contribution in [3.63, 3.8) is 0 Å². The lowest BCUT2D eigenvalue weighted by Crippen LogP contribution is -2.54. The van der Waals surface area contributed by atoms with Gasteiger partial charge in [-0.3, -0.25) is 52.7 Å². The monoisotopic (exact) mass is 2060 g/mol. The third-order valence-electron chi connectivity index (χ3n) is 48.0. The summed E-state index contributed by atoms with van der Waals surface area (Å²) in [4.78, 5) is 153. The van der Waals surface area contributed by atoms with Crippen LogP contribution in [-0.4, -0.2) is 130 Å². The third kappa shape index (κ3) is 22.5. The number of carbonyl (C=O) groups excluding carboxylic acids is 11. The van der Waals surface area contributed by atoms with Gasteiger partial charge in [0.1, 0.15) is 86.9 Å². The molecule has 0 amide bonds. The number of benzene rings is 1. The quantitative estimate of drug-likeness (QED) is 0.0442. The molecule has 828 valence electrons. The topological polar surface area (TPSA) is 289 Å². The van der Waals surface area contributed by atoms with E-state index in [1.165, 1.54) is 86.0 Å². The van der Waals surface area contributed by atoms with E-state index in [4.69, 9.17) is 52.1 Å². The molecular weight excluding hydrogens is 1870 g/mol. The molecule has 0 radical (unpaired) electrons. The average Bonchev–Trinajstić information content (AvgIpc) is 1.50. The summed E-state index contributed by atoms with van der Waals surface area (Å²) in [7, 11) is 0. The molecule has 1 aromatic rings. The molecule has 36 atom stereocenters. The molecular formula is C126H192O22. The number of esters is 11. The van der Waals surface area contributed by atoms with Crippen LogP contribution in [0.2, 0.25) is 0 Å². The summed E-state index contributed by atoms with van der Waals surface area (Å²) in [6.45, 7) is 36.4. The SMILES string of the molecule is CC(=O)O[C@@H]1CC[C@@]2(C)[C@@H](CC[C@@H]3[C@@H]2CC[C@]2(C)[C@@H]([C@H](C)CCC(=O)OCC(C)(COC(=O)CC[C@@H](C)[C@H]4CC[C@H]5[C@@H]6CC[C@H]7C[C@H](OC(C)=O)CC[C@]7(C)[C@H]6CC[C@]45C)C(=O)OCC(C)(COC(=O)C(C)(COC(=O)CC[C@@H](C)[C@H]4CC[C@H]5[C@@H]6CC[C@H]7C[C@H](OC(C)=O)CC[C@]7(C)[C@H]6CC[C@]45C)COC(=O)CC[C@@H](C)[C@H]4CC[C@H]5[C@@H]6CC[C@H]7C[C@H](OC(C)=O)CC[C@]7(C)[C@H]6CC[C@]45C)C(=O)OCc4ccccc4)CC[C@@H]32)C1. The van der Waals surface area contributed by atoms with E-state index >= 15 is 14.4 Å². The van der Waals surface area contributed by atoms with Gasteiger partial charge in [-0.05, 0) is 469 Å². The lowest BCUT2D eigenvalue weighted by atomic mass is 9.44. The van der Waals surface area contributed by atoms with Crippen LogP contribution in [0.4, 0.5) is 0 Å². The Morgan fingerprint density at radius 2 is 0.486 bits per heavy atom. The van der Waals surface area contributed by atoms with E-state index in [-0.39, 0.29) is 148 Å². The first-order valence-corrected chi connectivity index (χ1v) is 60.0. The van der Waals surface area contributed by atoms with Crippen molar-refractivity contribution in [2.24, 2.45) is 202 Å². The largest absolute Gasteiger partial charge is 0.464 e. The van der Waals surface area contributed by atoms with E-state index in [1.54, 1.807) is 13.8 Å². The molecule has 16 aliphatic rings. The molecule has 0 aliphatic heterocycles. The van der Waals surface area contributed by atoms with Crippen LogP contribution in [-0.2, 0) is 111 Å². The van der Waals surface area contributed by atoms with Crippen molar-refractivity contribution < 1.29 is 105 Å². The second-order valence-corrected chi connectivity index (χ2v) is 56.2. The van der Waals surface area contributed by atoms with Crippen molar-refractivity contribution in [3.8, 4) is 0 Å². The zero-order valence-electron chi connectivity index (χ0n) is 94.6. The molecule has 0 spiro atoms. The minimum absolute atomic E-state index is 0.00471. The second kappa shape index (κ2) is 44.9. The summed E-state index contributed by atoms with van der Waals surface area (Å²) >= 11 is 0. The van der Waals surface area contributed by atoms with E-state index in [0.717, 1.165) is 180 Å². The number of hydrogen-bond acceptors (Lipinski definition) is 22. The molecule has 17 rings (SSSR count). The van der Waals surface area contributed by atoms with Crippen LogP contribution in [0.5, 0.6) is 0 Å². The van der Waals surface area contributed by atoms with Gasteiger partial charge in [-0.25, -0.2) is 0 Å². The van der Waals surface area contributed by atoms with Gasteiger partial charge < -0.3 is 52.1 Å². The molecule has 0 bridgehead atoms. The molecule has 1 aromatic carbocycles. The summed E-state index contributed by atoms with van der Waals surface area (Å²) in [5, 5.41) is 0. The Bertz CT molecular complexity index is 4380. The van der Waals surface area contributed by atoms with E-state index in [0.29, 0.717) is 150 Å². The molecule has 0 heterocycles. The van der Waals surface area contributed by atoms with Crippen LogP contribution in [0.3, 0.4) is 0 Å². The van der Waals surface area contributed by atoms with E-state index < -0.39 is 97.7 Å². The molecule has 148 heavy (non-hydrogen) atoms. The van der Waals surface area contributed by atoms with Crippen LogP contribution >= 0.6 is 0 Å². The van der Waals surface area contributed by atoms with Crippen molar-refractivity contribution in [2.45, 2.75) is 445 Å². The fourth-order valence-electron chi connectivity index (χ4n) is 39.8. The lowest BCUT2D eigenvalue weighted by Gasteiger charge is -2.61. The maximum atomic E-state index is 15.6. The average molecular weight is 2060 g/mol. The molecule has 22 heteroatoms. The van der Waals surface area contributed by atoms with Gasteiger partial charge in [-0.15, -0.1) is 0 Å². The summed E-state index contributed by atoms with van der Waals surface area (Å²) in [6.07, 6.45) is 42.3. The van der Waals surface area contributed by atoms with Gasteiger partial charge in [0.2, 0.25) is 0 Å². The molecule has 0 saturated heterocycles. The molecule has 0 N–H and O–H groups in total. The highest BCUT2D eigenvalue weighted by molar-refractivity contribution is 5.82. The van der Waals surface area contributed by atoms with Crippen LogP contribution < -0.4 is 0 Å². The lowest BCUT2D eigenvalue weighted by molar-refractivity contribution is -0.182. The van der Waals surface area contributed by atoms with Gasteiger partial charge >= 0.3 is 65.7 Å².